The van der Waals surface area contributed by atoms with Crippen molar-refractivity contribution in [2.45, 2.75) is 39.0 Å². The molecule has 0 amide bonds. The molecule has 5 heteroatoms. The molecule has 5 nitrogen and oxygen atoms in total. The average Bonchev–Trinajstić information content (AvgIpc) is 2.49. The van der Waals surface area contributed by atoms with Gasteiger partial charge in [-0.15, -0.1) is 0 Å². The third-order valence-electron chi connectivity index (χ3n) is 3.17. The van der Waals surface area contributed by atoms with E-state index in [4.69, 9.17) is 14.2 Å². The van der Waals surface area contributed by atoms with E-state index in [9.17, 15) is 5.11 Å². The fourth-order valence-corrected chi connectivity index (χ4v) is 1.82. The number of methoxy groups -OCH3 is 1. The molecule has 2 atom stereocenters. The molecule has 0 spiro atoms. The normalized spacial score (nSPS) is 14.0. The standard InChI is InChI=1S/C16H27NO4/c1-11(2)20-9-13(18)10-21-16-8-14(19-5)6-7-15(16)12(3)17-4/h6-8,11-13,17-18H,9-10H2,1-5H3. The van der Waals surface area contributed by atoms with Crippen LogP contribution in [-0.2, 0) is 4.74 Å². The number of hydrogen-bond donors (Lipinski definition) is 2. The van der Waals surface area contributed by atoms with Crippen molar-refractivity contribution in [3.63, 3.8) is 0 Å². The fourth-order valence-electron chi connectivity index (χ4n) is 1.82. The molecule has 1 rings (SSSR count). The zero-order valence-corrected chi connectivity index (χ0v) is 13.6. The van der Waals surface area contributed by atoms with E-state index in [1.165, 1.54) is 0 Å². The molecule has 0 aliphatic rings. The first-order chi connectivity index (χ1) is 9.97. The lowest BCUT2D eigenvalue weighted by Crippen LogP contribution is -2.25. The van der Waals surface area contributed by atoms with Crippen LogP contribution in [0.5, 0.6) is 11.5 Å². The second-order valence-electron chi connectivity index (χ2n) is 5.26. The van der Waals surface area contributed by atoms with Gasteiger partial charge in [0.05, 0.1) is 19.8 Å². The molecule has 0 fully saturated rings. The summed E-state index contributed by atoms with van der Waals surface area (Å²) in [5.74, 6) is 1.43. The van der Waals surface area contributed by atoms with Crippen LogP contribution in [0.15, 0.2) is 18.2 Å². The molecule has 2 unspecified atom stereocenters. The van der Waals surface area contributed by atoms with Crippen LogP contribution in [0.2, 0.25) is 0 Å². The molecule has 0 aromatic heterocycles. The van der Waals surface area contributed by atoms with Gasteiger partial charge in [0.1, 0.15) is 24.2 Å². The Hall–Kier alpha value is -1.30. The Balaban J connectivity index is 2.71. The summed E-state index contributed by atoms with van der Waals surface area (Å²) in [6, 6.07) is 5.84. The Bertz CT molecular complexity index is 423. The summed E-state index contributed by atoms with van der Waals surface area (Å²) in [5.41, 5.74) is 1.02. The first-order valence-corrected chi connectivity index (χ1v) is 7.25. The van der Waals surface area contributed by atoms with Crippen molar-refractivity contribution in [3.8, 4) is 11.5 Å². The van der Waals surface area contributed by atoms with Gasteiger partial charge in [0, 0.05) is 17.7 Å². The van der Waals surface area contributed by atoms with Crippen LogP contribution in [0.3, 0.4) is 0 Å². The molecule has 0 saturated carbocycles. The summed E-state index contributed by atoms with van der Waals surface area (Å²) in [4.78, 5) is 0. The molecule has 2 N–H and O–H groups in total. The molecule has 1 aromatic rings. The second-order valence-corrected chi connectivity index (χ2v) is 5.26. The summed E-state index contributed by atoms with van der Waals surface area (Å²) >= 11 is 0. The largest absolute Gasteiger partial charge is 0.497 e. The Morgan fingerprint density at radius 2 is 1.90 bits per heavy atom. The number of aliphatic hydroxyl groups is 1. The monoisotopic (exact) mass is 297 g/mol. The van der Waals surface area contributed by atoms with Crippen LogP contribution >= 0.6 is 0 Å². The quantitative estimate of drug-likeness (QED) is 0.731. The maximum Gasteiger partial charge on any atom is 0.127 e. The second kappa shape index (κ2) is 8.87. The molecule has 0 radical (unpaired) electrons. The SMILES string of the molecule is CNC(C)c1ccc(OC)cc1OCC(O)COC(C)C. The minimum absolute atomic E-state index is 0.0938. The van der Waals surface area contributed by atoms with Crippen molar-refractivity contribution >= 4 is 0 Å². The van der Waals surface area contributed by atoms with E-state index in [1.54, 1.807) is 7.11 Å². The van der Waals surface area contributed by atoms with Gasteiger partial charge in [-0.25, -0.2) is 0 Å². The van der Waals surface area contributed by atoms with Gasteiger partial charge in [-0.1, -0.05) is 6.07 Å². The number of nitrogens with one attached hydrogen (secondary N) is 1. The van der Waals surface area contributed by atoms with Crippen LogP contribution in [0.25, 0.3) is 0 Å². The molecule has 0 bridgehead atoms. The summed E-state index contributed by atoms with van der Waals surface area (Å²) in [6.45, 7) is 6.36. The van der Waals surface area contributed by atoms with E-state index in [0.29, 0.717) is 5.75 Å². The van der Waals surface area contributed by atoms with E-state index in [2.05, 4.69) is 5.32 Å². The van der Waals surface area contributed by atoms with Crippen molar-refractivity contribution in [2.75, 3.05) is 27.4 Å². The van der Waals surface area contributed by atoms with Crippen molar-refractivity contribution in [3.05, 3.63) is 23.8 Å². The summed E-state index contributed by atoms with van der Waals surface area (Å²) < 4.78 is 16.3. The highest BCUT2D eigenvalue weighted by atomic mass is 16.5. The lowest BCUT2D eigenvalue weighted by Gasteiger charge is -2.19. The summed E-state index contributed by atoms with van der Waals surface area (Å²) in [7, 11) is 3.51. The van der Waals surface area contributed by atoms with Crippen LogP contribution in [0, 0.1) is 0 Å². The van der Waals surface area contributed by atoms with Gasteiger partial charge in [-0.3, -0.25) is 0 Å². The van der Waals surface area contributed by atoms with Crippen molar-refractivity contribution in [2.24, 2.45) is 0 Å². The third-order valence-corrected chi connectivity index (χ3v) is 3.17. The molecule has 1 aromatic carbocycles. The van der Waals surface area contributed by atoms with Crippen molar-refractivity contribution in [1.82, 2.24) is 5.32 Å². The Labute approximate surface area is 127 Å². The number of benzene rings is 1. The maximum absolute atomic E-state index is 9.88. The molecular weight excluding hydrogens is 270 g/mol. The Morgan fingerprint density at radius 3 is 2.48 bits per heavy atom. The van der Waals surface area contributed by atoms with E-state index >= 15 is 0 Å². The lowest BCUT2D eigenvalue weighted by atomic mass is 10.1. The van der Waals surface area contributed by atoms with Crippen LogP contribution in [-0.4, -0.2) is 44.7 Å². The predicted molar refractivity (Wildman–Crippen MR) is 83.1 cm³/mol. The van der Waals surface area contributed by atoms with Crippen LogP contribution in [0.1, 0.15) is 32.4 Å². The van der Waals surface area contributed by atoms with E-state index in [-0.39, 0.29) is 25.4 Å². The first-order valence-electron chi connectivity index (χ1n) is 7.25. The molecule has 0 heterocycles. The highest BCUT2D eigenvalue weighted by molar-refractivity contribution is 5.42. The molecule has 21 heavy (non-hydrogen) atoms. The van der Waals surface area contributed by atoms with Gasteiger partial charge in [0.15, 0.2) is 0 Å². The molecule has 0 aliphatic carbocycles. The van der Waals surface area contributed by atoms with Crippen molar-refractivity contribution in [1.29, 1.82) is 0 Å². The maximum atomic E-state index is 9.88. The van der Waals surface area contributed by atoms with Crippen LogP contribution < -0.4 is 14.8 Å². The van der Waals surface area contributed by atoms with Gasteiger partial charge in [-0.05, 0) is 33.9 Å². The highest BCUT2D eigenvalue weighted by Crippen LogP contribution is 2.29. The molecular formula is C16H27NO4. The first kappa shape index (κ1) is 17.8. The van der Waals surface area contributed by atoms with Gasteiger partial charge in [-0.2, -0.15) is 0 Å². The minimum Gasteiger partial charge on any atom is -0.497 e. The molecule has 120 valence electrons. The van der Waals surface area contributed by atoms with E-state index < -0.39 is 6.10 Å². The van der Waals surface area contributed by atoms with Gasteiger partial charge in [0.2, 0.25) is 0 Å². The zero-order valence-electron chi connectivity index (χ0n) is 13.6. The highest BCUT2D eigenvalue weighted by Gasteiger charge is 2.14. The van der Waals surface area contributed by atoms with Crippen LogP contribution in [0.4, 0.5) is 0 Å². The van der Waals surface area contributed by atoms with Crippen molar-refractivity contribution < 1.29 is 19.3 Å². The molecule has 0 saturated heterocycles. The number of aliphatic hydroxyl groups excluding tert-OH is 1. The van der Waals surface area contributed by atoms with Gasteiger partial charge in [0.25, 0.3) is 0 Å². The fraction of sp³-hybridized carbons (Fsp3) is 0.625. The molecule has 0 aliphatic heterocycles. The number of hydrogen-bond acceptors (Lipinski definition) is 5. The topological polar surface area (TPSA) is 60.0 Å². The zero-order chi connectivity index (χ0) is 15.8. The smallest absolute Gasteiger partial charge is 0.127 e. The summed E-state index contributed by atoms with van der Waals surface area (Å²) in [6.07, 6.45) is -0.562. The Morgan fingerprint density at radius 1 is 1.19 bits per heavy atom. The number of rotatable bonds is 9. The summed E-state index contributed by atoms with van der Waals surface area (Å²) in [5, 5.41) is 13.1. The van der Waals surface area contributed by atoms with E-state index in [0.717, 1.165) is 11.3 Å². The number of ether oxygens (including phenoxy) is 3. The average molecular weight is 297 g/mol. The predicted octanol–water partition coefficient (Wildman–Crippen LogP) is 2.14. The van der Waals surface area contributed by atoms with Gasteiger partial charge < -0.3 is 24.6 Å². The lowest BCUT2D eigenvalue weighted by molar-refractivity contribution is -0.0124. The Kier molecular flexibility index (Phi) is 7.50. The van der Waals surface area contributed by atoms with Gasteiger partial charge >= 0.3 is 0 Å². The third kappa shape index (κ3) is 5.91. The minimum atomic E-state index is -0.656. The van der Waals surface area contributed by atoms with E-state index in [1.807, 2.05) is 46.0 Å².